The molecule has 1 saturated carbocycles. The highest BCUT2D eigenvalue weighted by molar-refractivity contribution is 5.81. The molecule has 0 aliphatic heterocycles. The largest absolute Gasteiger partial charge is 0.393 e. The fraction of sp³-hybridized carbons (Fsp3) is 0.632. The van der Waals surface area contributed by atoms with Crippen LogP contribution in [0.15, 0.2) is 30.3 Å². The number of aliphatic hydroxyl groups is 1. The lowest BCUT2D eigenvalue weighted by molar-refractivity contribution is -0.126. The summed E-state index contributed by atoms with van der Waals surface area (Å²) < 4.78 is 0. The first kappa shape index (κ1) is 18.0. The van der Waals surface area contributed by atoms with Gasteiger partial charge in [-0.2, -0.15) is 0 Å². The molecular weight excluding hydrogens is 288 g/mol. The van der Waals surface area contributed by atoms with E-state index in [0.29, 0.717) is 0 Å². The first-order valence-electron chi connectivity index (χ1n) is 8.72. The molecule has 4 heteroatoms. The Morgan fingerprint density at radius 2 is 1.91 bits per heavy atom. The van der Waals surface area contributed by atoms with Crippen molar-refractivity contribution >= 4 is 5.91 Å². The Morgan fingerprint density at radius 1 is 1.26 bits per heavy atom. The molecule has 128 valence electrons. The number of hydrogen-bond donors (Lipinski definition) is 2. The molecule has 0 bridgehead atoms. The smallest absolute Gasteiger partial charge is 0.237 e. The lowest BCUT2D eigenvalue weighted by atomic mass is 9.86. The van der Waals surface area contributed by atoms with E-state index in [-0.39, 0.29) is 30.0 Å². The van der Waals surface area contributed by atoms with E-state index in [1.165, 1.54) is 6.42 Å². The second-order valence-corrected chi connectivity index (χ2v) is 6.87. The molecule has 0 spiro atoms. The summed E-state index contributed by atoms with van der Waals surface area (Å²) in [6.45, 7) is 4.71. The summed E-state index contributed by atoms with van der Waals surface area (Å²) in [6.07, 6.45) is 4.03. The minimum absolute atomic E-state index is 0.000166. The Balaban J connectivity index is 1.85. The van der Waals surface area contributed by atoms with Crippen LogP contribution in [-0.4, -0.2) is 41.7 Å². The molecule has 4 atom stereocenters. The van der Waals surface area contributed by atoms with Gasteiger partial charge >= 0.3 is 0 Å². The number of rotatable bonds is 6. The van der Waals surface area contributed by atoms with Gasteiger partial charge in [-0.1, -0.05) is 43.2 Å². The van der Waals surface area contributed by atoms with E-state index in [4.69, 9.17) is 0 Å². The van der Waals surface area contributed by atoms with Crippen LogP contribution in [0.5, 0.6) is 0 Å². The Bertz CT molecular complexity index is 491. The minimum atomic E-state index is -0.218. The maximum Gasteiger partial charge on any atom is 0.237 e. The molecule has 1 aromatic rings. The summed E-state index contributed by atoms with van der Waals surface area (Å²) >= 11 is 0. The number of benzene rings is 1. The molecule has 2 N–H and O–H groups in total. The first-order chi connectivity index (χ1) is 11.0. The molecule has 1 aliphatic rings. The van der Waals surface area contributed by atoms with Crippen LogP contribution in [0.25, 0.3) is 0 Å². The average Bonchev–Trinajstić information content (AvgIpc) is 2.56. The molecule has 4 unspecified atom stereocenters. The van der Waals surface area contributed by atoms with Crippen LogP contribution >= 0.6 is 0 Å². The van der Waals surface area contributed by atoms with Crippen LogP contribution in [0.2, 0.25) is 0 Å². The van der Waals surface area contributed by atoms with Crippen molar-refractivity contribution in [2.24, 2.45) is 5.92 Å². The quantitative estimate of drug-likeness (QED) is 0.848. The van der Waals surface area contributed by atoms with Gasteiger partial charge in [-0.3, -0.25) is 9.69 Å². The third kappa shape index (κ3) is 5.05. The van der Waals surface area contributed by atoms with Crippen LogP contribution in [0, 0.1) is 5.92 Å². The molecule has 23 heavy (non-hydrogen) atoms. The monoisotopic (exact) mass is 318 g/mol. The summed E-state index contributed by atoms with van der Waals surface area (Å²) in [5.74, 6) is 0.324. The summed E-state index contributed by atoms with van der Waals surface area (Å²) in [5, 5.41) is 13.2. The van der Waals surface area contributed by atoms with E-state index in [1.807, 2.05) is 51.2 Å². The topological polar surface area (TPSA) is 52.6 Å². The van der Waals surface area contributed by atoms with Crippen LogP contribution in [0.1, 0.15) is 51.1 Å². The van der Waals surface area contributed by atoms with Gasteiger partial charge < -0.3 is 10.4 Å². The highest BCUT2D eigenvalue weighted by Gasteiger charge is 2.27. The highest BCUT2D eigenvalue weighted by atomic mass is 16.3. The van der Waals surface area contributed by atoms with Crippen LogP contribution in [0.4, 0.5) is 0 Å². The van der Waals surface area contributed by atoms with E-state index in [2.05, 4.69) is 10.2 Å². The number of likely N-dealkylation sites (N-methyl/N-ethyl adjacent to an activating group) is 1. The number of amides is 1. The molecule has 4 nitrogen and oxygen atoms in total. The summed E-state index contributed by atoms with van der Waals surface area (Å²) in [6, 6.07) is 9.80. The van der Waals surface area contributed by atoms with Crippen molar-refractivity contribution in [3.05, 3.63) is 35.9 Å². The Kier molecular flexibility index (Phi) is 6.60. The molecule has 1 aromatic carbocycles. The summed E-state index contributed by atoms with van der Waals surface area (Å²) in [4.78, 5) is 14.5. The molecule has 0 saturated heterocycles. The average molecular weight is 318 g/mol. The fourth-order valence-electron chi connectivity index (χ4n) is 3.29. The van der Waals surface area contributed by atoms with E-state index < -0.39 is 0 Å². The van der Waals surface area contributed by atoms with Gasteiger partial charge in [0.15, 0.2) is 0 Å². The van der Waals surface area contributed by atoms with Crippen molar-refractivity contribution in [1.29, 1.82) is 0 Å². The van der Waals surface area contributed by atoms with Gasteiger partial charge in [0.2, 0.25) is 5.91 Å². The number of carbonyl (C=O) groups is 1. The van der Waals surface area contributed by atoms with Gasteiger partial charge in [0, 0.05) is 6.54 Å². The van der Waals surface area contributed by atoms with Crippen molar-refractivity contribution in [3.63, 3.8) is 0 Å². The zero-order valence-corrected chi connectivity index (χ0v) is 14.5. The highest BCUT2D eigenvalue weighted by Crippen LogP contribution is 2.25. The van der Waals surface area contributed by atoms with E-state index >= 15 is 0 Å². The normalized spacial score (nSPS) is 24.2. The maximum absolute atomic E-state index is 12.5. The summed E-state index contributed by atoms with van der Waals surface area (Å²) in [5.41, 5.74) is 1.11. The third-order valence-corrected chi connectivity index (χ3v) is 5.09. The van der Waals surface area contributed by atoms with Crippen molar-refractivity contribution in [2.75, 3.05) is 13.6 Å². The van der Waals surface area contributed by atoms with Crippen LogP contribution in [0.3, 0.4) is 0 Å². The maximum atomic E-state index is 12.5. The second kappa shape index (κ2) is 8.46. The molecule has 1 fully saturated rings. The van der Waals surface area contributed by atoms with Gasteiger partial charge in [-0.15, -0.1) is 0 Å². The Morgan fingerprint density at radius 3 is 2.57 bits per heavy atom. The fourth-order valence-corrected chi connectivity index (χ4v) is 3.29. The molecule has 0 heterocycles. The van der Waals surface area contributed by atoms with E-state index in [9.17, 15) is 9.90 Å². The lowest BCUT2D eigenvalue weighted by Gasteiger charge is -2.33. The second-order valence-electron chi connectivity index (χ2n) is 6.87. The zero-order valence-electron chi connectivity index (χ0n) is 14.5. The van der Waals surface area contributed by atoms with E-state index in [1.54, 1.807) is 0 Å². The SMILES string of the molecule is CC(NC(=O)C(C)N(C)CC1CCCCC1O)c1ccccc1. The molecular formula is C19H30N2O2. The molecule has 2 rings (SSSR count). The molecule has 1 amide bonds. The number of hydrogen-bond acceptors (Lipinski definition) is 3. The van der Waals surface area contributed by atoms with Crippen LogP contribution < -0.4 is 5.32 Å². The van der Waals surface area contributed by atoms with Crippen molar-refractivity contribution in [1.82, 2.24) is 10.2 Å². The Hall–Kier alpha value is -1.39. The number of aliphatic hydroxyl groups excluding tert-OH is 1. The van der Waals surface area contributed by atoms with Gasteiger partial charge in [0.05, 0.1) is 18.2 Å². The summed E-state index contributed by atoms with van der Waals surface area (Å²) in [7, 11) is 1.97. The standard InChI is InChI=1S/C19H30N2O2/c1-14(16-9-5-4-6-10-16)20-19(23)15(2)21(3)13-17-11-7-8-12-18(17)22/h4-6,9-10,14-15,17-18,22H,7-8,11-13H2,1-3H3,(H,20,23). The first-order valence-corrected chi connectivity index (χ1v) is 8.72. The number of nitrogens with zero attached hydrogens (tertiary/aromatic N) is 1. The molecule has 1 aliphatic carbocycles. The van der Waals surface area contributed by atoms with Crippen molar-refractivity contribution in [3.8, 4) is 0 Å². The van der Waals surface area contributed by atoms with Gasteiger partial charge in [0.1, 0.15) is 0 Å². The number of nitrogens with one attached hydrogen (secondary N) is 1. The third-order valence-electron chi connectivity index (χ3n) is 5.09. The molecule has 0 radical (unpaired) electrons. The lowest BCUT2D eigenvalue weighted by Crippen LogP contribution is -2.47. The molecule has 0 aromatic heterocycles. The van der Waals surface area contributed by atoms with Gasteiger partial charge in [0.25, 0.3) is 0 Å². The van der Waals surface area contributed by atoms with Gasteiger partial charge in [-0.25, -0.2) is 0 Å². The van der Waals surface area contributed by atoms with Crippen LogP contribution in [-0.2, 0) is 4.79 Å². The van der Waals surface area contributed by atoms with Crippen molar-refractivity contribution < 1.29 is 9.90 Å². The van der Waals surface area contributed by atoms with Crippen molar-refractivity contribution in [2.45, 2.75) is 57.7 Å². The predicted octanol–water partition coefficient (Wildman–Crippen LogP) is 2.74. The van der Waals surface area contributed by atoms with Gasteiger partial charge in [-0.05, 0) is 45.2 Å². The number of carbonyl (C=O) groups excluding carboxylic acids is 1. The van der Waals surface area contributed by atoms with E-state index in [0.717, 1.165) is 31.4 Å². The predicted molar refractivity (Wildman–Crippen MR) is 93.1 cm³/mol. The Labute approximate surface area is 139 Å². The minimum Gasteiger partial charge on any atom is -0.393 e. The zero-order chi connectivity index (χ0) is 16.8.